The molecule has 0 spiro atoms. The van der Waals surface area contributed by atoms with E-state index in [2.05, 4.69) is 25.2 Å². The van der Waals surface area contributed by atoms with E-state index in [4.69, 9.17) is 4.42 Å². The lowest BCUT2D eigenvalue weighted by molar-refractivity contribution is 0.169. The monoisotopic (exact) mass is 249 g/mol. The van der Waals surface area contributed by atoms with Crippen LogP contribution in [0.25, 0.3) is 0 Å². The second-order valence-corrected chi connectivity index (χ2v) is 6.34. The summed E-state index contributed by atoms with van der Waals surface area (Å²) in [4.78, 5) is 0. The van der Waals surface area contributed by atoms with Gasteiger partial charge in [0.15, 0.2) is 0 Å². The molecule has 1 aliphatic carbocycles. The van der Waals surface area contributed by atoms with Gasteiger partial charge in [-0.2, -0.15) is 0 Å². The molecule has 1 N–H and O–H groups in total. The van der Waals surface area contributed by atoms with Crippen LogP contribution in [0.5, 0.6) is 0 Å². The van der Waals surface area contributed by atoms with Gasteiger partial charge in [0.1, 0.15) is 5.76 Å². The highest BCUT2D eigenvalue weighted by Gasteiger charge is 2.32. The molecule has 0 atom stereocenters. The van der Waals surface area contributed by atoms with Gasteiger partial charge in [0.05, 0.1) is 6.26 Å². The zero-order valence-corrected chi connectivity index (χ0v) is 11.9. The number of hydrogen-bond acceptors (Lipinski definition) is 2. The molecule has 0 unspecified atom stereocenters. The molecule has 1 aromatic heterocycles. The van der Waals surface area contributed by atoms with Crippen LogP contribution in [0.3, 0.4) is 0 Å². The van der Waals surface area contributed by atoms with Crippen molar-refractivity contribution in [3.8, 4) is 0 Å². The summed E-state index contributed by atoms with van der Waals surface area (Å²) in [5.41, 5.74) is 0.436. The fourth-order valence-electron chi connectivity index (χ4n) is 3.13. The maximum Gasteiger partial charge on any atom is 0.104 e. The molecule has 0 saturated heterocycles. The Balaban J connectivity index is 1.94. The summed E-state index contributed by atoms with van der Waals surface area (Å²) in [5.74, 6) is 1.89. The predicted octanol–water partition coefficient (Wildman–Crippen LogP) is 4.02. The lowest BCUT2D eigenvalue weighted by Gasteiger charge is -2.37. The van der Waals surface area contributed by atoms with Crippen molar-refractivity contribution < 1.29 is 4.42 Å². The first-order valence-corrected chi connectivity index (χ1v) is 7.43. The maximum absolute atomic E-state index is 5.56. The Morgan fingerprint density at radius 2 is 2.06 bits per heavy atom. The van der Waals surface area contributed by atoms with E-state index in [-0.39, 0.29) is 0 Å². The fourth-order valence-corrected chi connectivity index (χ4v) is 3.13. The highest BCUT2D eigenvalue weighted by atomic mass is 16.3. The number of hydrogen-bond donors (Lipinski definition) is 1. The van der Waals surface area contributed by atoms with Gasteiger partial charge in [-0.3, -0.25) is 0 Å². The SMILES string of the molecule is CC(C)CNCC1(Cc2ccco2)CCCCC1. The van der Waals surface area contributed by atoms with Gasteiger partial charge in [0.2, 0.25) is 0 Å². The van der Waals surface area contributed by atoms with E-state index in [0.29, 0.717) is 5.41 Å². The van der Waals surface area contributed by atoms with E-state index in [9.17, 15) is 0 Å². The molecule has 18 heavy (non-hydrogen) atoms. The Kier molecular flexibility index (Phi) is 4.87. The Labute approximate surface area is 111 Å². The number of furan rings is 1. The van der Waals surface area contributed by atoms with Crippen LogP contribution in [0.1, 0.15) is 51.7 Å². The van der Waals surface area contributed by atoms with Gasteiger partial charge >= 0.3 is 0 Å². The van der Waals surface area contributed by atoms with E-state index in [1.54, 1.807) is 6.26 Å². The standard InChI is InChI=1S/C16H27NO/c1-14(2)12-17-13-16(8-4-3-5-9-16)11-15-7-6-10-18-15/h6-7,10,14,17H,3-5,8-9,11-13H2,1-2H3. The maximum atomic E-state index is 5.56. The van der Waals surface area contributed by atoms with Crippen LogP contribution in [-0.4, -0.2) is 13.1 Å². The number of nitrogens with one attached hydrogen (secondary N) is 1. The Hall–Kier alpha value is -0.760. The third kappa shape index (κ3) is 3.88. The molecular weight excluding hydrogens is 222 g/mol. The molecule has 102 valence electrons. The van der Waals surface area contributed by atoms with Crippen molar-refractivity contribution in [3.63, 3.8) is 0 Å². The molecule has 2 nitrogen and oxygen atoms in total. The van der Waals surface area contributed by atoms with Crippen molar-refractivity contribution in [3.05, 3.63) is 24.2 Å². The molecule has 0 radical (unpaired) electrons. The van der Waals surface area contributed by atoms with E-state index >= 15 is 0 Å². The third-order valence-electron chi connectivity index (χ3n) is 4.10. The Morgan fingerprint density at radius 1 is 1.28 bits per heavy atom. The summed E-state index contributed by atoms with van der Waals surface area (Å²) >= 11 is 0. The van der Waals surface area contributed by atoms with Gasteiger partial charge < -0.3 is 9.73 Å². The quantitative estimate of drug-likeness (QED) is 0.823. The summed E-state index contributed by atoms with van der Waals surface area (Å²) in [6.45, 7) is 6.81. The van der Waals surface area contributed by atoms with E-state index in [0.717, 1.165) is 31.2 Å². The molecule has 1 aromatic rings. The van der Waals surface area contributed by atoms with Crippen molar-refractivity contribution in [2.24, 2.45) is 11.3 Å². The van der Waals surface area contributed by atoms with Crippen molar-refractivity contribution in [1.82, 2.24) is 5.32 Å². The van der Waals surface area contributed by atoms with E-state index in [1.165, 1.54) is 32.1 Å². The minimum atomic E-state index is 0.436. The van der Waals surface area contributed by atoms with Crippen LogP contribution < -0.4 is 5.32 Å². The summed E-state index contributed by atoms with van der Waals surface area (Å²) in [5, 5.41) is 3.67. The topological polar surface area (TPSA) is 25.2 Å². The lowest BCUT2D eigenvalue weighted by Crippen LogP contribution is -2.39. The van der Waals surface area contributed by atoms with E-state index < -0.39 is 0 Å². The fraction of sp³-hybridized carbons (Fsp3) is 0.750. The van der Waals surface area contributed by atoms with E-state index in [1.807, 2.05) is 6.07 Å². The van der Waals surface area contributed by atoms with Crippen molar-refractivity contribution in [2.75, 3.05) is 13.1 Å². The first-order chi connectivity index (χ1) is 8.70. The summed E-state index contributed by atoms with van der Waals surface area (Å²) in [7, 11) is 0. The molecular formula is C16H27NO. The van der Waals surface area contributed by atoms with Gasteiger partial charge in [0.25, 0.3) is 0 Å². The molecule has 0 aromatic carbocycles. The average molecular weight is 249 g/mol. The van der Waals surface area contributed by atoms with Gasteiger partial charge in [-0.1, -0.05) is 33.1 Å². The molecule has 2 rings (SSSR count). The van der Waals surface area contributed by atoms with Crippen LogP contribution in [0.15, 0.2) is 22.8 Å². The molecule has 1 fully saturated rings. The van der Waals surface area contributed by atoms with Gasteiger partial charge in [-0.25, -0.2) is 0 Å². The Morgan fingerprint density at radius 3 is 2.67 bits per heavy atom. The van der Waals surface area contributed by atoms with Crippen molar-refractivity contribution in [2.45, 2.75) is 52.4 Å². The van der Waals surface area contributed by atoms with Crippen molar-refractivity contribution in [1.29, 1.82) is 0 Å². The minimum absolute atomic E-state index is 0.436. The zero-order chi connectivity index (χ0) is 12.8. The highest BCUT2D eigenvalue weighted by molar-refractivity contribution is 5.03. The molecule has 0 amide bonds. The van der Waals surface area contributed by atoms with Gasteiger partial charge in [-0.15, -0.1) is 0 Å². The average Bonchev–Trinajstić information content (AvgIpc) is 2.82. The van der Waals surface area contributed by atoms with Crippen LogP contribution in [0, 0.1) is 11.3 Å². The predicted molar refractivity (Wildman–Crippen MR) is 75.6 cm³/mol. The zero-order valence-electron chi connectivity index (χ0n) is 11.9. The van der Waals surface area contributed by atoms with Crippen LogP contribution in [0.2, 0.25) is 0 Å². The molecule has 0 aliphatic heterocycles. The number of rotatable bonds is 6. The van der Waals surface area contributed by atoms with Crippen LogP contribution >= 0.6 is 0 Å². The Bertz CT molecular complexity index is 323. The lowest BCUT2D eigenvalue weighted by atomic mass is 9.71. The normalized spacial score (nSPS) is 19.3. The van der Waals surface area contributed by atoms with Crippen molar-refractivity contribution >= 4 is 0 Å². The smallest absolute Gasteiger partial charge is 0.104 e. The second kappa shape index (κ2) is 6.42. The molecule has 1 saturated carbocycles. The molecule has 0 bridgehead atoms. The first kappa shape index (κ1) is 13.7. The summed E-state index contributed by atoms with van der Waals surface area (Å²) in [6.07, 6.45) is 9.76. The second-order valence-electron chi connectivity index (χ2n) is 6.34. The van der Waals surface area contributed by atoms with Crippen LogP contribution in [-0.2, 0) is 6.42 Å². The first-order valence-electron chi connectivity index (χ1n) is 7.43. The third-order valence-corrected chi connectivity index (χ3v) is 4.10. The molecule has 1 aliphatic rings. The molecule has 1 heterocycles. The summed E-state index contributed by atoms with van der Waals surface area (Å²) < 4.78 is 5.56. The largest absolute Gasteiger partial charge is 0.469 e. The summed E-state index contributed by atoms with van der Waals surface area (Å²) in [6, 6.07) is 4.13. The van der Waals surface area contributed by atoms with Gasteiger partial charge in [-0.05, 0) is 42.9 Å². The molecule has 2 heteroatoms. The van der Waals surface area contributed by atoms with Crippen LogP contribution in [0.4, 0.5) is 0 Å². The highest BCUT2D eigenvalue weighted by Crippen LogP contribution is 2.38. The van der Waals surface area contributed by atoms with Gasteiger partial charge in [0, 0.05) is 13.0 Å². The minimum Gasteiger partial charge on any atom is -0.469 e.